The zero-order valence-electron chi connectivity index (χ0n) is 15.4. The van der Waals surface area contributed by atoms with E-state index in [1.807, 2.05) is 0 Å². The fourth-order valence-corrected chi connectivity index (χ4v) is 3.71. The second-order valence-corrected chi connectivity index (χ2v) is 8.76. The fourth-order valence-electron chi connectivity index (χ4n) is 3.71. The Morgan fingerprint density at radius 1 is 0.864 bits per heavy atom. The highest BCUT2D eigenvalue weighted by atomic mass is 16.5. The largest absolute Gasteiger partial charge is 0.379 e. The van der Waals surface area contributed by atoms with E-state index in [9.17, 15) is 0 Å². The van der Waals surface area contributed by atoms with Crippen molar-refractivity contribution in [3.63, 3.8) is 0 Å². The van der Waals surface area contributed by atoms with Crippen LogP contribution >= 0.6 is 0 Å². The van der Waals surface area contributed by atoms with Crippen molar-refractivity contribution >= 4 is 0 Å². The Balaban J connectivity index is 1.72. The van der Waals surface area contributed by atoms with E-state index in [0.29, 0.717) is 11.5 Å². The van der Waals surface area contributed by atoms with Crippen molar-refractivity contribution < 1.29 is 9.47 Å². The van der Waals surface area contributed by atoms with Crippen LogP contribution in [0.2, 0.25) is 0 Å². The van der Waals surface area contributed by atoms with Crippen LogP contribution < -0.4 is 0 Å². The maximum atomic E-state index is 6.13. The summed E-state index contributed by atoms with van der Waals surface area (Å²) in [5.74, 6) is 0. The van der Waals surface area contributed by atoms with Crippen LogP contribution in [0.5, 0.6) is 0 Å². The third kappa shape index (κ3) is 6.53. The van der Waals surface area contributed by atoms with E-state index in [-0.39, 0.29) is 5.60 Å². The summed E-state index contributed by atoms with van der Waals surface area (Å²) in [5.41, 5.74) is 0.331. The molecule has 0 saturated carbocycles. The molecule has 0 atom stereocenters. The van der Waals surface area contributed by atoms with Crippen LogP contribution in [-0.2, 0) is 9.47 Å². The van der Waals surface area contributed by atoms with E-state index in [0.717, 1.165) is 26.3 Å². The molecular weight excluding hydrogens is 276 g/mol. The first-order valence-corrected chi connectivity index (χ1v) is 8.94. The number of piperidine rings is 1. The summed E-state index contributed by atoms with van der Waals surface area (Å²) in [6.07, 6.45) is 2.79. The summed E-state index contributed by atoms with van der Waals surface area (Å²) in [4.78, 5) is 5.18. The molecular formula is C18H36N2O2. The highest BCUT2D eigenvalue weighted by Gasteiger charge is 2.29. The van der Waals surface area contributed by atoms with Gasteiger partial charge in [-0.1, -0.05) is 13.8 Å². The number of rotatable bonds is 5. The molecule has 0 radical (unpaired) electrons. The number of ether oxygens (including phenoxy) is 2. The predicted octanol–water partition coefficient (Wildman–Crippen LogP) is 2.62. The van der Waals surface area contributed by atoms with Gasteiger partial charge in [0.2, 0.25) is 0 Å². The Kier molecular flexibility index (Phi) is 6.29. The second kappa shape index (κ2) is 7.61. The molecule has 0 amide bonds. The van der Waals surface area contributed by atoms with Crippen molar-refractivity contribution in [3.8, 4) is 0 Å². The lowest BCUT2D eigenvalue weighted by Gasteiger charge is -2.41. The van der Waals surface area contributed by atoms with E-state index >= 15 is 0 Å². The molecule has 2 rings (SSSR count). The molecule has 0 aliphatic carbocycles. The Labute approximate surface area is 137 Å². The topological polar surface area (TPSA) is 24.9 Å². The monoisotopic (exact) mass is 312 g/mol. The van der Waals surface area contributed by atoms with Crippen molar-refractivity contribution in [2.75, 3.05) is 52.5 Å². The van der Waals surface area contributed by atoms with Crippen molar-refractivity contribution in [2.24, 2.45) is 5.41 Å². The SMILES string of the molecule is CC(C)(CN1CCOCC1)CN1CCC(OC(C)(C)C)CC1. The second-order valence-electron chi connectivity index (χ2n) is 8.76. The summed E-state index contributed by atoms with van der Waals surface area (Å²) in [6, 6.07) is 0. The zero-order valence-corrected chi connectivity index (χ0v) is 15.4. The van der Waals surface area contributed by atoms with Gasteiger partial charge in [-0.15, -0.1) is 0 Å². The zero-order chi connectivity index (χ0) is 16.2. The van der Waals surface area contributed by atoms with Crippen molar-refractivity contribution in [1.29, 1.82) is 0 Å². The summed E-state index contributed by atoms with van der Waals surface area (Å²) in [5, 5.41) is 0. The Hall–Kier alpha value is -0.160. The van der Waals surface area contributed by atoms with Crippen LogP contribution in [-0.4, -0.2) is 74.0 Å². The van der Waals surface area contributed by atoms with E-state index in [4.69, 9.17) is 9.47 Å². The molecule has 130 valence electrons. The van der Waals surface area contributed by atoms with Gasteiger partial charge in [0.05, 0.1) is 24.9 Å². The van der Waals surface area contributed by atoms with Crippen LogP contribution in [0, 0.1) is 5.41 Å². The molecule has 4 heteroatoms. The molecule has 2 aliphatic rings. The van der Waals surface area contributed by atoms with Crippen LogP contribution in [0.25, 0.3) is 0 Å². The van der Waals surface area contributed by atoms with Crippen molar-refractivity contribution in [3.05, 3.63) is 0 Å². The highest BCUT2D eigenvalue weighted by Crippen LogP contribution is 2.24. The van der Waals surface area contributed by atoms with Crippen LogP contribution in [0.1, 0.15) is 47.5 Å². The molecule has 0 aromatic heterocycles. The molecule has 0 unspecified atom stereocenters. The van der Waals surface area contributed by atoms with Gasteiger partial charge in [0.25, 0.3) is 0 Å². The Bertz CT molecular complexity index is 324. The summed E-state index contributed by atoms with van der Waals surface area (Å²) < 4.78 is 11.6. The lowest BCUT2D eigenvalue weighted by molar-refractivity contribution is -0.0849. The molecule has 22 heavy (non-hydrogen) atoms. The van der Waals surface area contributed by atoms with Crippen LogP contribution in [0.4, 0.5) is 0 Å². The summed E-state index contributed by atoms with van der Waals surface area (Å²) in [7, 11) is 0. The first kappa shape index (κ1) is 18.2. The summed E-state index contributed by atoms with van der Waals surface area (Å²) in [6.45, 7) is 20.0. The Morgan fingerprint density at radius 3 is 1.86 bits per heavy atom. The van der Waals surface area contributed by atoms with Crippen LogP contribution in [0.15, 0.2) is 0 Å². The Morgan fingerprint density at radius 2 is 1.36 bits per heavy atom. The molecule has 2 fully saturated rings. The van der Waals surface area contributed by atoms with Crippen molar-refractivity contribution in [2.45, 2.75) is 59.2 Å². The average Bonchev–Trinajstić information content (AvgIpc) is 2.39. The van der Waals surface area contributed by atoms with Gasteiger partial charge in [0.15, 0.2) is 0 Å². The molecule has 0 N–H and O–H groups in total. The lowest BCUT2D eigenvalue weighted by atomic mass is 9.90. The van der Waals surface area contributed by atoms with Crippen molar-refractivity contribution in [1.82, 2.24) is 9.80 Å². The minimum absolute atomic E-state index is 0.0115. The van der Waals surface area contributed by atoms with Gasteiger partial charge < -0.3 is 14.4 Å². The molecule has 0 spiro atoms. The standard InChI is InChI=1S/C18H36N2O2/c1-17(2,3)22-16-6-8-19(9-7-16)14-18(4,5)15-20-10-12-21-13-11-20/h16H,6-15H2,1-5H3. The number of morpholine rings is 1. The number of nitrogens with zero attached hydrogens (tertiary/aromatic N) is 2. The first-order chi connectivity index (χ1) is 10.2. The number of likely N-dealkylation sites (tertiary alicyclic amines) is 1. The van der Waals surface area contributed by atoms with E-state index in [1.54, 1.807) is 0 Å². The van der Waals surface area contributed by atoms with Crippen LogP contribution in [0.3, 0.4) is 0 Å². The third-order valence-electron chi connectivity index (χ3n) is 4.46. The molecule has 0 aromatic rings. The maximum absolute atomic E-state index is 6.13. The minimum Gasteiger partial charge on any atom is -0.379 e. The number of hydrogen-bond acceptors (Lipinski definition) is 4. The van der Waals surface area contributed by atoms with Gasteiger partial charge in [0.1, 0.15) is 0 Å². The fraction of sp³-hybridized carbons (Fsp3) is 1.00. The summed E-state index contributed by atoms with van der Waals surface area (Å²) >= 11 is 0. The van der Waals surface area contributed by atoms with Gasteiger partial charge in [-0.2, -0.15) is 0 Å². The van der Waals surface area contributed by atoms with E-state index in [2.05, 4.69) is 44.4 Å². The smallest absolute Gasteiger partial charge is 0.0606 e. The first-order valence-electron chi connectivity index (χ1n) is 8.94. The predicted molar refractivity (Wildman–Crippen MR) is 91.3 cm³/mol. The quantitative estimate of drug-likeness (QED) is 0.779. The molecule has 2 aliphatic heterocycles. The average molecular weight is 312 g/mol. The molecule has 0 bridgehead atoms. The molecule has 4 nitrogen and oxygen atoms in total. The molecule has 0 aromatic carbocycles. The minimum atomic E-state index is -0.0115. The highest BCUT2D eigenvalue weighted by molar-refractivity contribution is 4.82. The van der Waals surface area contributed by atoms with Gasteiger partial charge >= 0.3 is 0 Å². The third-order valence-corrected chi connectivity index (χ3v) is 4.46. The molecule has 2 saturated heterocycles. The van der Waals surface area contributed by atoms with E-state index < -0.39 is 0 Å². The normalized spacial score (nSPS) is 23.9. The van der Waals surface area contributed by atoms with Gasteiger partial charge in [-0.05, 0) is 39.0 Å². The molecule has 2 heterocycles. The maximum Gasteiger partial charge on any atom is 0.0606 e. The van der Waals surface area contributed by atoms with Gasteiger partial charge in [-0.3, -0.25) is 4.90 Å². The van der Waals surface area contributed by atoms with Gasteiger partial charge in [0, 0.05) is 39.3 Å². The van der Waals surface area contributed by atoms with E-state index in [1.165, 1.54) is 39.0 Å². The van der Waals surface area contributed by atoms with Gasteiger partial charge in [-0.25, -0.2) is 0 Å². The number of hydrogen-bond donors (Lipinski definition) is 0. The lowest BCUT2D eigenvalue weighted by Crippen LogP contribution is -2.48.